The maximum atomic E-state index is 11.0. The molecule has 0 amide bonds. The summed E-state index contributed by atoms with van der Waals surface area (Å²) in [7, 11) is 0. The molecule has 1 saturated carbocycles. The number of nitrogens with zero attached hydrogens (tertiary/aromatic N) is 2. The lowest BCUT2D eigenvalue weighted by molar-refractivity contribution is -0.139. The Kier molecular flexibility index (Phi) is 8.26. The fourth-order valence-corrected chi connectivity index (χ4v) is 5.24. The third kappa shape index (κ3) is 6.61. The molecule has 0 spiro atoms. The van der Waals surface area contributed by atoms with E-state index >= 15 is 0 Å². The Morgan fingerprint density at radius 1 is 1.10 bits per heavy atom. The van der Waals surface area contributed by atoms with Crippen molar-refractivity contribution in [1.29, 1.82) is 0 Å². The van der Waals surface area contributed by atoms with Gasteiger partial charge in [0.2, 0.25) is 0 Å². The van der Waals surface area contributed by atoms with Gasteiger partial charge in [-0.05, 0) is 67.5 Å². The van der Waals surface area contributed by atoms with Crippen LogP contribution in [0.4, 0.5) is 5.69 Å². The van der Waals surface area contributed by atoms with Crippen molar-refractivity contribution in [3.05, 3.63) is 23.8 Å². The zero-order chi connectivity index (χ0) is 22.4. The van der Waals surface area contributed by atoms with Gasteiger partial charge in [0.05, 0.1) is 0 Å². The number of hydrogen-bond acceptors (Lipinski definition) is 4. The molecule has 0 radical (unpaired) electrons. The standard InChI is InChI=1S/C26H42N2O3/c1-5-6-13-27-14-16-28(17-15-27)24-18-22(31-19-25(29)30)11-12-23(24)20-7-9-21(10-8-20)26(2,3)4/h11-12,18,20-21H,5-10,13-17,19H2,1-4H3,(H,29,30). The van der Waals surface area contributed by atoms with Gasteiger partial charge in [0.1, 0.15) is 5.75 Å². The van der Waals surface area contributed by atoms with Crippen LogP contribution in [-0.4, -0.2) is 55.3 Å². The molecule has 1 saturated heterocycles. The van der Waals surface area contributed by atoms with Gasteiger partial charge >= 0.3 is 5.97 Å². The van der Waals surface area contributed by atoms with Crippen molar-refractivity contribution in [2.45, 2.75) is 72.1 Å². The van der Waals surface area contributed by atoms with Crippen LogP contribution in [0.15, 0.2) is 18.2 Å². The van der Waals surface area contributed by atoms with Crippen molar-refractivity contribution in [3.8, 4) is 5.75 Å². The van der Waals surface area contributed by atoms with Crippen molar-refractivity contribution in [2.75, 3.05) is 44.2 Å². The molecule has 1 aromatic carbocycles. The summed E-state index contributed by atoms with van der Waals surface area (Å²) in [5.41, 5.74) is 3.08. The fraction of sp³-hybridized carbons (Fsp3) is 0.731. The first-order valence-corrected chi connectivity index (χ1v) is 12.2. The van der Waals surface area contributed by atoms with Crippen LogP contribution in [0.5, 0.6) is 5.75 Å². The van der Waals surface area contributed by atoms with Crippen LogP contribution in [0.1, 0.15) is 77.7 Å². The number of rotatable bonds is 8. The molecule has 0 aromatic heterocycles. The van der Waals surface area contributed by atoms with Crippen LogP contribution >= 0.6 is 0 Å². The monoisotopic (exact) mass is 430 g/mol. The molecule has 0 bridgehead atoms. The minimum atomic E-state index is -0.935. The molecule has 1 aliphatic carbocycles. The van der Waals surface area contributed by atoms with E-state index < -0.39 is 5.97 Å². The predicted octanol–water partition coefficient (Wildman–Crippen LogP) is 5.39. The summed E-state index contributed by atoms with van der Waals surface area (Å²) in [5, 5.41) is 9.00. The topological polar surface area (TPSA) is 53.0 Å². The van der Waals surface area contributed by atoms with Crippen LogP contribution in [0.2, 0.25) is 0 Å². The molecule has 174 valence electrons. The number of carboxylic acids is 1. The first-order valence-electron chi connectivity index (χ1n) is 12.2. The molecule has 1 heterocycles. The maximum Gasteiger partial charge on any atom is 0.341 e. The summed E-state index contributed by atoms with van der Waals surface area (Å²) >= 11 is 0. The van der Waals surface area contributed by atoms with E-state index in [1.54, 1.807) is 0 Å². The summed E-state index contributed by atoms with van der Waals surface area (Å²) in [5.74, 6) is 1.11. The summed E-state index contributed by atoms with van der Waals surface area (Å²) in [4.78, 5) is 16.0. The van der Waals surface area contributed by atoms with Gasteiger partial charge in [-0.2, -0.15) is 0 Å². The molecule has 0 atom stereocenters. The second-order valence-electron chi connectivity index (χ2n) is 10.5. The Hall–Kier alpha value is -1.75. The Labute approximate surface area is 188 Å². The second-order valence-corrected chi connectivity index (χ2v) is 10.5. The lowest BCUT2D eigenvalue weighted by atomic mass is 9.68. The number of unbranched alkanes of at least 4 members (excludes halogenated alkanes) is 1. The van der Waals surface area contributed by atoms with Crippen molar-refractivity contribution in [2.24, 2.45) is 11.3 Å². The van der Waals surface area contributed by atoms with Gasteiger partial charge in [0, 0.05) is 37.9 Å². The van der Waals surface area contributed by atoms with Crippen molar-refractivity contribution in [1.82, 2.24) is 4.90 Å². The zero-order valence-corrected chi connectivity index (χ0v) is 20.0. The highest BCUT2D eigenvalue weighted by atomic mass is 16.5. The normalized spacial score (nSPS) is 23.0. The van der Waals surface area contributed by atoms with Gasteiger partial charge in [-0.25, -0.2) is 4.79 Å². The first-order chi connectivity index (χ1) is 14.8. The summed E-state index contributed by atoms with van der Waals surface area (Å²) < 4.78 is 5.54. The summed E-state index contributed by atoms with van der Waals surface area (Å²) in [6, 6.07) is 6.27. The second kappa shape index (κ2) is 10.7. The minimum Gasteiger partial charge on any atom is -0.482 e. The average Bonchev–Trinajstić information content (AvgIpc) is 2.76. The summed E-state index contributed by atoms with van der Waals surface area (Å²) in [6.07, 6.45) is 7.55. The number of carbonyl (C=O) groups is 1. The third-order valence-corrected chi connectivity index (χ3v) is 7.30. The predicted molar refractivity (Wildman–Crippen MR) is 127 cm³/mol. The Morgan fingerprint density at radius 3 is 2.35 bits per heavy atom. The van der Waals surface area contributed by atoms with Gasteiger partial charge in [-0.1, -0.05) is 40.2 Å². The fourth-order valence-electron chi connectivity index (χ4n) is 5.24. The number of anilines is 1. The van der Waals surface area contributed by atoms with Crippen LogP contribution in [0.3, 0.4) is 0 Å². The first kappa shape index (κ1) is 23.9. The van der Waals surface area contributed by atoms with E-state index in [0.717, 1.165) is 32.1 Å². The average molecular weight is 431 g/mol. The number of ether oxygens (including phenoxy) is 1. The van der Waals surface area contributed by atoms with E-state index in [4.69, 9.17) is 9.84 Å². The van der Waals surface area contributed by atoms with Gasteiger partial charge < -0.3 is 14.7 Å². The lowest BCUT2D eigenvalue weighted by Crippen LogP contribution is -2.47. The molecular formula is C26H42N2O3. The smallest absolute Gasteiger partial charge is 0.341 e. The van der Waals surface area contributed by atoms with Crippen LogP contribution in [0, 0.1) is 11.3 Å². The highest BCUT2D eigenvalue weighted by Crippen LogP contribution is 2.45. The molecule has 1 N–H and O–H groups in total. The minimum absolute atomic E-state index is 0.291. The van der Waals surface area contributed by atoms with Gasteiger partial charge in [-0.15, -0.1) is 0 Å². The molecular weight excluding hydrogens is 388 g/mol. The Morgan fingerprint density at radius 2 is 1.77 bits per heavy atom. The highest BCUT2D eigenvalue weighted by Gasteiger charge is 2.32. The van der Waals surface area contributed by atoms with Gasteiger partial charge in [-0.3, -0.25) is 4.90 Å². The van der Waals surface area contributed by atoms with E-state index in [1.807, 2.05) is 6.07 Å². The largest absolute Gasteiger partial charge is 0.482 e. The maximum absolute atomic E-state index is 11.0. The number of piperazine rings is 1. The van der Waals surface area contributed by atoms with E-state index in [1.165, 1.54) is 56.3 Å². The molecule has 1 aromatic rings. The highest BCUT2D eigenvalue weighted by molar-refractivity contribution is 5.68. The molecule has 31 heavy (non-hydrogen) atoms. The van der Waals surface area contributed by atoms with E-state index in [2.05, 4.69) is 49.6 Å². The number of aliphatic carboxylic acids is 1. The zero-order valence-electron chi connectivity index (χ0n) is 20.0. The molecule has 5 heteroatoms. The van der Waals surface area contributed by atoms with Crippen molar-refractivity contribution >= 4 is 11.7 Å². The molecule has 5 nitrogen and oxygen atoms in total. The van der Waals surface area contributed by atoms with E-state index in [-0.39, 0.29) is 6.61 Å². The van der Waals surface area contributed by atoms with Crippen LogP contribution in [-0.2, 0) is 4.79 Å². The Bertz CT molecular complexity index is 712. The van der Waals surface area contributed by atoms with Gasteiger partial charge in [0.25, 0.3) is 0 Å². The SMILES string of the molecule is CCCCN1CCN(c2cc(OCC(=O)O)ccc2C2CCC(C(C)(C)C)CC2)CC1. The molecule has 2 fully saturated rings. The van der Waals surface area contributed by atoms with Crippen molar-refractivity contribution < 1.29 is 14.6 Å². The molecule has 1 aliphatic heterocycles. The lowest BCUT2D eigenvalue weighted by Gasteiger charge is -2.40. The molecule has 3 rings (SSSR count). The van der Waals surface area contributed by atoms with E-state index in [9.17, 15) is 4.79 Å². The number of benzene rings is 1. The Balaban J connectivity index is 1.75. The summed E-state index contributed by atoms with van der Waals surface area (Å²) in [6.45, 7) is 14.5. The van der Waals surface area contributed by atoms with Gasteiger partial charge in [0.15, 0.2) is 6.61 Å². The number of carboxylic acid groups (broad SMARTS) is 1. The van der Waals surface area contributed by atoms with Crippen LogP contribution < -0.4 is 9.64 Å². The van der Waals surface area contributed by atoms with Crippen LogP contribution in [0.25, 0.3) is 0 Å². The molecule has 0 unspecified atom stereocenters. The third-order valence-electron chi connectivity index (χ3n) is 7.30. The number of hydrogen-bond donors (Lipinski definition) is 1. The van der Waals surface area contributed by atoms with E-state index in [0.29, 0.717) is 17.1 Å². The quantitative estimate of drug-likeness (QED) is 0.599. The molecule has 2 aliphatic rings. The van der Waals surface area contributed by atoms with Crippen molar-refractivity contribution in [3.63, 3.8) is 0 Å².